The Balaban J connectivity index is 1.79. The largest absolute Gasteiger partial charge is 0.360 e. The van der Waals surface area contributed by atoms with E-state index >= 15 is 0 Å². The number of thiocarbonyl (C=S) groups is 1. The van der Waals surface area contributed by atoms with Gasteiger partial charge in [0.2, 0.25) is 0 Å². The maximum Gasteiger partial charge on any atom is 0.170 e. The van der Waals surface area contributed by atoms with Gasteiger partial charge < -0.3 is 10.6 Å². The summed E-state index contributed by atoms with van der Waals surface area (Å²) in [5.41, 5.74) is 2.43. The van der Waals surface area contributed by atoms with Crippen LogP contribution in [0.5, 0.6) is 0 Å². The van der Waals surface area contributed by atoms with Crippen molar-refractivity contribution in [3.8, 4) is 0 Å². The Kier molecular flexibility index (Phi) is 6.04. The topological polar surface area (TPSA) is 24.1 Å². The van der Waals surface area contributed by atoms with Crippen molar-refractivity contribution >= 4 is 23.0 Å². The molecule has 1 aromatic carbocycles. The monoisotopic (exact) mass is 304 g/mol. The van der Waals surface area contributed by atoms with Gasteiger partial charge in [0.25, 0.3) is 0 Å². The van der Waals surface area contributed by atoms with Gasteiger partial charge in [-0.05, 0) is 67.4 Å². The first-order valence-corrected chi connectivity index (χ1v) is 8.66. The van der Waals surface area contributed by atoms with Gasteiger partial charge in [-0.15, -0.1) is 0 Å². The molecule has 0 aromatic heterocycles. The predicted octanol–water partition coefficient (Wildman–Crippen LogP) is 5.07. The quantitative estimate of drug-likeness (QED) is 0.760. The number of nitrogens with one attached hydrogen (secondary N) is 2. The van der Waals surface area contributed by atoms with Crippen LogP contribution in [0.2, 0.25) is 0 Å². The van der Waals surface area contributed by atoms with Crippen molar-refractivity contribution in [3.05, 3.63) is 29.8 Å². The molecule has 1 fully saturated rings. The molecule has 0 aliphatic heterocycles. The van der Waals surface area contributed by atoms with Crippen molar-refractivity contribution in [1.29, 1.82) is 0 Å². The van der Waals surface area contributed by atoms with E-state index in [0.29, 0.717) is 12.0 Å². The summed E-state index contributed by atoms with van der Waals surface area (Å²) < 4.78 is 0. The molecule has 1 aliphatic rings. The molecule has 21 heavy (non-hydrogen) atoms. The van der Waals surface area contributed by atoms with Gasteiger partial charge in [0, 0.05) is 11.7 Å². The molecule has 0 heterocycles. The molecule has 1 aliphatic carbocycles. The third-order valence-corrected chi connectivity index (χ3v) is 4.81. The zero-order valence-corrected chi connectivity index (χ0v) is 14.3. The summed E-state index contributed by atoms with van der Waals surface area (Å²) in [5.74, 6) is 1.49. The average Bonchev–Trinajstić information content (AvgIpc) is 2.48. The summed E-state index contributed by atoms with van der Waals surface area (Å²) in [6.45, 7) is 6.72. The van der Waals surface area contributed by atoms with E-state index in [1.54, 1.807) is 0 Å². The normalized spacial score (nSPS) is 22.1. The first kappa shape index (κ1) is 16.3. The van der Waals surface area contributed by atoms with Crippen LogP contribution in [0, 0.1) is 5.92 Å². The second-order valence-electron chi connectivity index (χ2n) is 6.50. The molecule has 0 saturated heterocycles. The molecule has 0 bridgehead atoms. The second-order valence-corrected chi connectivity index (χ2v) is 6.91. The van der Waals surface area contributed by atoms with E-state index in [4.69, 9.17) is 12.2 Å². The Morgan fingerprint density at radius 2 is 1.76 bits per heavy atom. The molecule has 0 spiro atoms. The fourth-order valence-corrected chi connectivity index (χ4v) is 3.30. The predicted molar refractivity (Wildman–Crippen MR) is 95.9 cm³/mol. The summed E-state index contributed by atoms with van der Waals surface area (Å²) in [6, 6.07) is 9.10. The third-order valence-electron chi connectivity index (χ3n) is 4.59. The number of benzene rings is 1. The molecule has 0 radical (unpaired) electrons. The molecule has 0 amide bonds. The molecule has 2 nitrogen and oxygen atoms in total. The van der Waals surface area contributed by atoms with Crippen molar-refractivity contribution in [2.75, 3.05) is 5.32 Å². The maximum absolute atomic E-state index is 5.44. The van der Waals surface area contributed by atoms with Gasteiger partial charge in [0.1, 0.15) is 0 Å². The van der Waals surface area contributed by atoms with E-state index in [0.717, 1.165) is 16.7 Å². The fraction of sp³-hybridized carbons (Fsp3) is 0.611. The van der Waals surface area contributed by atoms with Crippen LogP contribution in [0.4, 0.5) is 5.69 Å². The van der Waals surface area contributed by atoms with Crippen LogP contribution in [0.1, 0.15) is 64.4 Å². The van der Waals surface area contributed by atoms with Crippen LogP contribution >= 0.6 is 12.2 Å². The molecule has 116 valence electrons. The lowest BCUT2D eigenvalue weighted by atomic mass is 9.85. The van der Waals surface area contributed by atoms with E-state index in [1.807, 2.05) is 0 Å². The van der Waals surface area contributed by atoms with Crippen molar-refractivity contribution in [1.82, 2.24) is 5.32 Å². The standard InChI is InChI=1S/C18H28N2S/c1-4-14-5-9-16(10-6-14)19-18(21)20-17-11-7-15(8-12-17)13(2)3/h7-8,11-14,16H,4-6,9-10H2,1-3H3,(H2,19,20,21). The summed E-state index contributed by atoms with van der Waals surface area (Å²) in [5, 5.41) is 7.53. The number of anilines is 1. The Labute approximate surface area is 134 Å². The van der Waals surface area contributed by atoms with E-state index in [1.165, 1.54) is 37.7 Å². The molecule has 3 heteroatoms. The molecule has 2 rings (SSSR count). The minimum atomic E-state index is 0.544. The lowest BCUT2D eigenvalue weighted by Gasteiger charge is -2.29. The minimum Gasteiger partial charge on any atom is -0.360 e. The maximum atomic E-state index is 5.44. The summed E-state index contributed by atoms with van der Waals surface area (Å²) in [4.78, 5) is 0. The molecular weight excluding hydrogens is 276 g/mol. The van der Waals surface area contributed by atoms with E-state index in [9.17, 15) is 0 Å². The Morgan fingerprint density at radius 3 is 2.29 bits per heavy atom. The van der Waals surface area contributed by atoms with Gasteiger partial charge >= 0.3 is 0 Å². The SMILES string of the molecule is CCC1CCC(NC(=S)Nc2ccc(C(C)C)cc2)CC1. The molecule has 0 atom stereocenters. The zero-order valence-electron chi connectivity index (χ0n) is 13.5. The van der Waals surface area contributed by atoms with Gasteiger partial charge in [-0.3, -0.25) is 0 Å². The summed E-state index contributed by atoms with van der Waals surface area (Å²) in [6.07, 6.45) is 6.47. The van der Waals surface area contributed by atoms with Crippen LogP contribution in [0.15, 0.2) is 24.3 Å². The fourth-order valence-electron chi connectivity index (χ4n) is 3.02. The lowest BCUT2D eigenvalue weighted by Crippen LogP contribution is -2.39. The first-order valence-electron chi connectivity index (χ1n) is 8.26. The van der Waals surface area contributed by atoms with Gasteiger partial charge in [0.05, 0.1) is 0 Å². The van der Waals surface area contributed by atoms with E-state index in [-0.39, 0.29) is 0 Å². The summed E-state index contributed by atoms with van der Waals surface area (Å²) >= 11 is 5.44. The Morgan fingerprint density at radius 1 is 1.14 bits per heavy atom. The highest BCUT2D eigenvalue weighted by molar-refractivity contribution is 7.80. The van der Waals surface area contributed by atoms with Crippen LogP contribution in [-0.2, 0) is 0 Å². The van der Waals surface area contributed by atoms with Gasteiger partial charge in [-0.2, -0.15) is 0 Å². The number of hydrogen-bond donors (Lipinski definition) is 2. The van der Waals surface area contributed by atoms with Crippen LogP contribution in [-0.4, -0.2) is 11.2 Å². The molecule has 1 aromatic rings. The Bertz CT molecular complexity index is 445. The number of rotatable bonds is 4. The van der Waals surface area contributed by atoms with Crippen molar-refractivity contribution in [2.45, 2.75) is 64.8 Å². The van der Waals surface area contributed by atoms with Crippen LogP contribution in [0.3, 0.4) is 0 Å². The smallest absolute Gasteiger partial charge is 0.170 e. The molecule has 2 N–H and O–H groups in total. The lowest BCUT2D eigenvalue weighted by molar-refractivity contribution is 0.306. The number of hydrogen-bond acceptors (Lipinski definition) is 1. The van der Waals surface area contributed by atoms with Crippen LogP contribution < -0.4 is 10.6 Å². The van der Waals surface area contributed by atoms with Crippen molar-refractivity contribution in [3.63, 3.8) is 0 Å². The van der Waals surface area contributed by atoms with Gasteiger partial charge in [0.15, 0.2) is 5.11 Å². The highest BCUT2D eigenvalue weighted by Crippen LogP contribution is 2.26. The van der Waals surface area contributed by atoms with Crippen LogP contribution in [0.25, 0.3) is 0 Å². The molecular formula is C18H28N2S. The minimum absolute atomic E-state index is 0.544. The first-order chi connectivity index (χ1) is 10.1. The second kappa shape index (κ2) is 7.79. The summed E-state index contributed by atoms with van der Waals surface area (Å²) in [7, 11) is 0. The molecule has 0 unspecified atom stereocenters. The Hall–Kier alpha value is -1.09. The highest BCUT2D eigenvalue weighted by atomic mass is 32.1. The van der Waals surface area contributed by atoms with Gasteiger partial charge in [-0.25, -0.2) is 0 Å². The van der Waals surface area contributed by atoms with E-state index < -0.39 is 0 Å². The van der Waals surface area contributed by atoms with Crippen molar-refractivity contribution in [2.24, 2.45) is 5.92 Å². The van der Waals surface area contributed by atoms with Crippen molar-refractivity contribution < 1.29 is 0 Å². The van der Waals surface area contributed by atoms with Gasteiger partial charge in [-0.1, -0.05) is 39.3 Å². The molecule has 1 saturated carbocycles. The average molecular weight is 305 g/mol. The van der Waals surface area contributed by atoms with E-state index in [2.05, 4.69) is 55.7 Å². The highest BCUT2D eigenvalue weighted by Gasteiger charge is 2.20. The third kappa shape index (κ3) is 4.99. The zero-order chi connectivity index (χ0) is 15.2.